The molecule has 6 heteroatoms. The van der Waals surface area contributed by atoms with E-state index in [9.17, 15) is 13.2 Å². The van der Waals surface area contributed by atoms with E-state index in [0.29, 0.717) is 6.42 Å². The summed E-state index contributed by atoms with van der Waals surface area (Å²) in [4.78, 5) is 10.4. The Balaban J connectivity index is 4.60. The van der Waals surface area contributed by atoms with Gasteiger partial charge in [-0.2, -0.15) is 8.42 Å². The molecule has 0 aromatic rings. The number of carboxylic acid groups (broad SMARTS) is 1. The van der Waals surface area contributed by atoms with Crippen molar-refractivity contribution in [1.82, 2.24) is 0 Å². The highest BCUT2D eigenvalue weighted by Gasteiger charge is 2.14. The number of carboxylic acids is 1. The maximum atomic E-state index is 10.5. The third kappa shape index (κ3) is 5.71. The standard InChI is InChI=1S/C8H14O5S/c1-3-7(5-14(11,12)13)4-6(2)8(9)10/h4,7H,3,5H2,1-2H3,(H,9,10)(H,11,12,13). The lowest BCUT2D eigenvalue weighted by atomic mass is 10.1. The van der Waals surface area contributed by atoms with Crippen molar-refractivity contribution < 1.29 is 22.9 Å². The second-order valence-corrected chi connectivity index (χ2v) is 4.57. The van der Waals surface area contributed by atoms with Crippen molar-refractivity contribution in [2.45, 2.75) is 20.3 Å². The maximum absolute atomic E-state index is 10.5. The van der Waals surface area contributed by atoms with Crippen LogP contribution in [0.3, 0.4) is 0 Å². The Kier molecular flexibility index (Phi) is 4.79. The molecule has 0 rings (SSSR count). The summed E-state index contributed by atoms with van der Waals surface area (Å²) >= 11 is 0. The molecule has 0 saturated heterocycles. The summed E-state index contributed by atoms with van der Waals surface area (Å²) in [5.74, 6) is -1.98. The predicted octanol–water partition coefficient (Wildman–Crippen LogP) is 0.931. The van der Waals surface area contributed by atoms with Gasteiger partial charge < -0.3 is 5.11 Å². The van der Waals surface area contributed by atoms with E-state index in [-0.39, 0.29) is 5.57 Å². The second kappa shape index (κ2) is 5.11. The third-order valence-corrected chi connectivity index (χ3v) is 2.62. The van der Waals surface area contributed by atoms with Crippen LogP contribution in [0.15, 0.2) is 11.6 Å². The molecule has 1 atom stereocenters. The van der Waals surface area contributed by atoms with Crippen LogP contribution < -0.4 is 0 Å². The van der Waals surface area contributed by atoms with Crippen molar-refractivity contribution in [3.63, 3.8) is 0 Å². The van der Waals surface area contributed by atoms with Gasteiger partial charge in [-0.1, -0.05) is 13.0 Å². The van der Waals surface area contributed by atoms with E-state index in [0.717, 1.165) is 0 Å². The van der Waals surface area contributed by atoms with Gasteiger partial charge in [0.1, 0.15) is 0 Å². The summed E-state index contributed by atoms with van der Waals surface area (Å²) in [6.07, 6.45) is 1.81. The average Bonchev–Trinajstić information content (AvgIpc) is 2.00. The van der Waals surface area contributed by atoms with Gasteiger partial charge in [0.2, 0.25) is 0 Å². The molecule has 0 saturated carbocycles. The number of carbonyl (C=O) groups is 1. The minimum Gasteiger partial charge on any atom is -0.478 e. The van der Waals surface area contributed by atoms with Crippen molar-refractivity contribution in [3.8, 4) is 0 Å². The fourth-order valence-corrected chi connectivity index (χ4v) is 1.85. The maximum Gasteiger partial charge on any atom is 0.330 e. The van der Waals surface area contributed by atoms with E-state index in [4.69, 9.17) is 9.66 Å². The van der Waals surface area contributed by atoms with Crippen LogP contribution in [0.2, 0.25) is 0 Å². The molecule has 0 bridgehead atoms. The van der Waals surface area contributed by atoms with Crippen LogP contribution in [0.1, 0.15) is 20.3 Å². The molecule has 0 aromatic carbocycles. The van der Waals surface area contributed by atoms with Gasteiger partial charge in [0, 0.05) is 5.57 Å². The van der Waals surface area contributed by atoms with Crippen molar-refractivity contribution in [1.29, 1.82) is 0 Å². The van der Waals surface area contributed by atoms with Crippen molar-refractivity contribution in [3.05, 3.63) is 11.6 Å². The predicted molar refractivity (Wildman–Crippen MR) is 51.6 cm³/mol. The number of hydrogen-bond acceptors (Lipinski definition) is 3. The molecule has 0 radical (unpaired) electrons. The van der Waals surface area contributed by atoms with Crippen LogP contribution in [0, 0.1) is 5.92 Å². The monoisotopic (exact) mass is 222 g/mol. The summed E-state index contributed by atoms with van der Waals surface area (Å²) in [5.41, 5.74) is 0.0838. The Morgan fingerprint density at radius 1 is 1.50 bits per heavy atom. The van der Waals surface area contributed by atoms with Crippen LogP contribution in [0.5, 0.6) is 0 Å². The molecule has 2 N–H and O–H groups in total. The molecule has 0 fully saturated rings. The molecule has 0 aromatic heterocycles. The summed E-state index contributed by atoms with van der Waals surface area (Å²) in [6.45, 7) is 3.11. The number of allylic oxidation sites excluding steroid dienone is 1. The van der Waals surface area contributed by atoms with Crippen molar-refractivity contribution >= 4 is 16.1 Å². The van der Waals surface area contributed by atoms with E-state index in [1.807, 2.05) is 0 Å². The first kappa shape index (κ1) is 13.1. The largest absolute Gasteiger partial charge is 0.478 e. The normalized spacial score (nSPS) is 15.2. The molecule has 14 heavy (non-hydrogen) atoms. The molecule has 1 unspecified atom stereocenters. The Morgan fingerprint density at radius 2 is 2.00 bits per heavy atom. The minimum atomic E-state index is -4.04. The van der Waals surface area contributed by atoms with E-state index < -0.39 is 27.8 Å². The summed E-state index contributed by atoms with van der Waals surface area (Å²) in [5, 5.41) is 8.54. The van der Waals surface area contributed by atoms with E-state index in [2.05, 4.69) is 0 Å². The third-order valence-electron chi connectivity index (χ3n) is 1.77. The highest BCUT2D eigenvalue weighted by atomic mass is 32.2. The van der Waals surface area contributed by atoms with Gasteiger partial charge in [-0.3, -0.25) is 4.55 Å². The zero-order valence-electron chi connectivity index (χ0n) is 8.10. The average molecular weight is 222 g/mol. The van der Waals surface area contributed by atoms with Gasteiger partial charge in [0.25, 0.3) is 10.1 Å². The Hall–Kier alpha value is -0.880. The van der Waals surface area contributed by atoms with E-state index in [1.165, 1.54) is 13.0 Å². The first-order valence-corrected chi connectivity index (χ1v) is 5.74. The lowest BCUT2D eigenvalue weighted by Crippen LogP contribution is -2.14. The summed E-state index contributed by atoms with van der Waals surface area (Å²) in [7, 11) is -4.04. The fraction of sp³-hybridized carbons (Fsp3) is 0.625. The van der Waals surface area contributed by atoms with Gasteiger partial charge in [0.15, 0.2) is 0 Å². The van der Waals surface area contributed by atoms with Crippen molar-refractivity contribution in [2.24, 2.45) is 5.92 Å². The number of hydrogen-bond donors (Lipinski definition) is 2. The van der Waals surface area contributed by atoms with Gasteiger partial charge in [-0.15, -0.1) is 0 Å². The van der Waals surface area contributed by atoms with E-state index in [1.54, 1.807) is 6.92 Å². The molecule has 0 aliphatic carbocycles. The lowest BCUT2D eigenvalue weighted by molar-refractivity contribution is -0.132. The zero-order valence-corrected chi connectivity index (χ0v) is 8.91. The molecule has 0 aliphatic heterocycles. The Morgan fingerprint density at radius 3 is 2.29 bits per heavy atom. The van der Waals surface area contributed by atoms with Crippen LogP contribution >= 0.6 is 0 Å². The molecule has 0 amide bonds. The minimum absolute atomic E-state index is 0.0838. The molecule has 5 nitrogen and oxygen atoms in total. The lowest BCUT2D eigenvalue weighted by Gasteiger charge is -2.07. The van der Waals surface area contributed by atoms with Gasteiger partial charge in [0.05, 0.1) is 5.75 Å². The topological polar surface area (TPSA) is 91.7 Å². The first-order chi connectivity index (χ1) is 6.26. The highest BCUT2D eigenvalue weighted by molar-refractivity contribution is 7.85. The summed E-state index contributed by atoms with van der Waals surface area (Å²) in [6, 6.07) is 0. The fourth-order valence-electron chi connectivity index (χ4n) is 0.979. The van der Waals surface area contributed by atoms with Crippen LogP contribution in [-0.4, -0.2) is 29.8 Å². The molecule has 0 heterocycles. The molecule has 82 valence electrons. The van der Waals surface area contributed by atoms with Crippen LogP contribution in [-0.2, 0) is 14.9 Å². The van der Waals surface area contributed by atoms with Crippen LogP contribution in [0.25, 0.3) is 0 Å². The summed E-state index contributed by atoms with van der Waals surface area (Å²) < 4.78 is 29.6. The SMILES string of the molecule is CCC(C=C(C)C(=O)O)CS(=O)(=O)O. The molecular formula is C8H14O5S. The Labute approximate surface area is 83.2 Å². The molecule has 0 spiro atoms. The Bertz CT molecular complexity index is 328. The van der Waals surface area contributed by atoms with E-state index >= 15 is 0 Å². The zero-order chi connectivity index (χ0) is 11.4. The van der Waals surface area contributed by atoms with Crippen molar-refractivity contribution in [2.75, 3.05) is 5.75 Å². The van der Waals surface area contributed by atoms with Gasteiger partial charge >= 0.3 is 5.97 Å². The number of aliphatic carboxylic acids is 1. The molecule has 0 aliphatic rings. The van der Waals surface area contributed by atoms with Gasteiger partial charge in [-0.05, 0) is 19.3 Å². The highest BCUT2D eigenvalue weighted by Crippen LogP contribution is 2.10. The first-order valence-electron chi connectivity index (χ1n) is 4.13. The van der Waals surface area contributed by atoms with Crippen LogP contribution in [0.4, 0.5) is 0 Å². The molecular weight excluding hydrogens is 208 g/mol. The smallest absolute Gasteiger partial charge is 0.330 e. The number of rotatable bonds is 5. The quantitative estimate of drug-likeness (QED) is 0.533. The van der Waals surface area contributed by atoms with Gasteiger partial charge in [-0.25, -0.2) is 4.79 Å². The second-order valence-electron chi connectivity index (χ2n) is 3.07.